The fraction of sp³-hybridized carbons (Fsp3) is 0.455. The van der Waals surface area contributed by atoms with Crippen molar-refractivity contribution in [2.75, 3.05) is 0 Å². The van der Waals surface area contributed by atoms with Gasteiger partial charge in [0.05, 0.1) is 16.6 Å². The zero-order valence-corrected chi connectivity index (χ0v) is 9.41. The average Bonchev–Trinajstić information content (AvgIpc) is 2.17. The summed E-state index contributed by atoms with van der Waals surface area (Å²) in [6.07, 6.45) is 3.56. The molecule has 0 N–H and O–H groups in total. The summed E-state index contributed by atoms with van der Waals surface area (Å²) in [4.78, 5) is 15.2. The molecule has 3 nitrogen and oxygen atoms in total. The lowest BCUT2D eigenvalue weighted by Gasteiger charge is -2.41. The van der Waals surface area contributed by atoms with Crippen molar-refractivity contribution in [3.8, 4) is 5.75 Å². The number of nitrogens with zero attached hydrogens (tertiary/aromatic N) is 1. The molecule has 0 saturated heterocycles. The van der Waals surface area contributed by atoms with Crippen LogP contribution in [-0.2, 0) is 4.79 Å². The molecule has 0 amide bonds. The maximum Gasteiger partial charge on any atom is 0.145 e. The highest BCUT2D eigenvalue weighted by atomic mass is 35.5. The predicted molar refractivity (Wildman–Crippen MR) is 57.1 cm³/mol. The number of carbonyl (C=O) groups is 1. The molecule has 15 heavy (non-hydrogen) atoms. The van der Waals surface area contributed by atoms with E-state index in [9.17, 15) is 4.79 Å². The Bertz CT molecular complexity index is 403. The number of hydrogen-bond donors (Lipinski definition) is 0. The molecule has 0 bridgehead atoms. The Labute approximate surface area is 93.4 Å². The zero-order valence-electron chi connectivity index (χ0n) is 8.66. The van der Waals surface area contributed by atoms with E-state index in [0.29, 0.717) is 17.2 Å². The van der Waals surface area contributed by atoms with Crippen LogP contribution < -0.4 is 4.74 Å². The van der Waals surface area contributed by atoms with E-state index < -0.39 is 0 Å². The molecule has 1 saturated carbocycles. The molecule has 1 fully saturated rings. The smallest absolute Gasteiger partial charge is 0.145 e. The monoisotopic (exact) mass is 225 g/mol. The largest absolute Gasteiger partial charge is 0.487 e. The van der Waals surface area contributed by atoms with Gasteiger partial charge in [0.1, 0.15) is 17.6 Å². The van der Waals surface area contributed by atoms with E-state index in [4.69, 9.17) is 16.3 Å². The van der Waals surface area contributed by atoms with Crippen LogP contribution >= 0.6 is 11.6 Å². The lowest BCUT2D eigenvalue weighted by atomic mass is 9.68. The third kappa shape index (κ3) is 1.84. The lowest BCUT2D eigenvalue weighted by molar-refractivity contribution is -0.148. The number of ketones is 1. The van der Waals surface area contributed by atoms with Gasteiger partial charge in [-0.05, 0) is 13.8 Å². The number of halogens is 1. The van der Waals surface area contributed by atoms with Gasteiger partial charge < -0.3 is 4.74 Å². The second-order valence-corrected chi connectivity index (χ2v) is 4.73. The van der Waals surface area contributed by atoms with Gasteiger partial charge in [0, 0.05) is 18.7 Å². The van der Waals surface area contributed by atoms with Gasteiger partial charge in [-0.25, -0.2) is 0 Å². The Morgan fingerprint density at radius 2 is 2.27 bits per heavy atom. The highest BCUT2D eigenvalue weighted by Crippen LogP contribution is 2.39. The molecule has 0 radical (unpaired) electrons. The van der Waals surface area contributed by atoms with Gasteiger partial charge in [0.2, 0.25) is 0 Å². The van der Waals surface area contributed by atoms with Crippen molar-refractivity contribution in [1.29, 1.82) is 0 Å². The second-order valence-electron chi connectivity index (χ2n) is 4.29. The topological polar surface area (TPSA) is 39.2 Å². The molecule has 1 unspecified atom stereocenters. The molecule has 80 valence electrons. The minimum absolute atomic E-state index is 0.0646. The van der Waals surface area contributed by atoms with Crippen LogP contribution in [0.15, 0.2) is 18.5 Å². The van der Waals surface area contributed by atoms with Crippen LogP contribution in [0.25, 0.3) is 0 Å². The number of hydrogen-bond acceptors (Lipinski definition) is 3. The highest BCUT2D eigenvalue weighted by molar-refractivity contribution is 6.30. The molecule has 1 aliphatic carbocycles. The van der Waals surface area contributed by atoms with Crippen molar-refractivity contribution >= 4 is 17.4 Å². The summed E-state index contributed by atoms with van der Waals surface area (Å²) in [5.74, 6) is 0.857. The van der Waals surface area contributed by atoms with Crippen molar-refractivity contribution in [3.05, 3.63) is 23.5 Å². The fourth-order valence-corrected chi connectivity index (χ4v) is 1.71. The van der Waals surface area contributed by atoms with Crippen LogP contribution in [-0.4, -0.2) is 16.9 Å². The highest BCUT2D eigenvalue weighted by Gasteiger charge is 2.49. The molecule has 1 aliphatic rings. The van der Waals surface area contributed by atoms with E-state index in [1.807, 2.05) is 13.8 Å². The van der Waals surface area contributed by atoms with E-state index in [1.54, 1.807) is 18.5 Å². The van der Waals surface area contributed by atoms with Crippen LogP contribution in [0.2, 0.25) is 5.02 Å². The standard InChI is InChI=1S/C11H12ClNO2/c1-11(2)9(14)4-10(11)15-8-3-7(12)5-13-6-8/h3,5-6,10H,4H2,1-2H3. The van der Waals surface area contributed by atoms with Gasteiger partial charge >= 0.3 is 0 Å². The predicted octanol–water partition coefficient (Wildman–Crippen LogP) is 2.48. The Morgan fingerprint density at radius 3 is 2.80 bits per heavy atom. The minimum Gasteiger partial charge on any atom is -0.487 e. The van der Waals surface area contributed by atoms with Crippen molar-refractivity contribution in [2.24, 2.45) is 5.41 Å². The third-order valence-electron chi connectivity index (χ3n) is 2.85. The van der Waals surface area contributed by atoms with Gasteiger partial charge in [0.15, 0.2) is 0 Å². The quantitative estimate of drug-likeness (QED) is 0.776. The number of pyridine rings is 1. The molecule has 1 aromatic rings. The Balaban J connectivity index is 2.08. The van der Waals surface area contributed by atoms with Crippen LogP contribution in [0, 0.1) is 5.41 Å². The summed E-state index contributed by atoms with van der Waals surface area (Å²) in [7, 11) is 0. The van der Waals surface area contributed by atoms with Gasteiger partial charge in [0.25, 0.3) is 0 Å². The summed E-state index contributed by atoms with van der Waals surface area (Å²) in [6.45, 7) is 3.78. The number of aromatic nitrogens is 1. The molecular weight excluding hydrogens is 214 g/mol. The van der Waals surface area contributed by atoms with Crippen molar-refractivity contribution in [3.63, 3.8) is 0 Å². The van der Waals surface area contributed by atoms with Crippen molar-refractivity contribution in [2.45, 2.75) is 26.4 Å². The van der Waals surface area contributed by atoms with E-state index in [2.05, 4.69) is 4.98 Å². The maximum absolute atomic E-state index is 11.3. The van der Waals surface area contributed by atoms with Gasteiger partial charge in [-0.3, -0.25) is 9.78 Å². The first-order chi connectivity index (χ1) is 7.00. The van der Waals surface area contributed by atoms with Gasteiger partial charge in [-0.2, -0.15) is 0 Å². The molecule has 4 heteroatoms. The van der Waals surface area contributed by atoms with E-state index in [-0.39, 0.29) is 17.3 Å². The lowest BCUT2D eigenvalue weighted by Crippen LogP contribution is -2.52. The molecule has 1 heterocycles. The van der Waals surface area contributed by atoms with Crippen molar-refractivity contribution < 1.29 is 9.53 Å². The summed E-state index contributed by atoms with van der Waals surface area (Å²) in [6, 6.07) is 1.70. The van der Waals surface area contributed by atoms with Crippen LogP contribution in [0.1, 0.15) is 20.3 Å². The first-order valence-corrected chi connectivity index (χ1v) is 5.18. The van der Waals surface area contributed by atoms with E-state index in [0.717, 1.165) is 0 Å². The Kier molecular flexibility index (Phi) is 2.43. The van der Waals surface area contributed by atoms with Gasteiger partial charge in [-0.15, -0.1) is 0 Å². The molecule has 0 aliphatic heterocycles. The van der Waals surface area contributed by atoms with Crippen LogP contribution in [0.4, 0.5) is 0 Å². The first-order valence-electron chi connectivity index (χ1n) is 4.80. The van der Waals surface area contributed by atoms with Gasteiger partial charge in [-0.1, -0.05) is 11.6 Å². The summed E-state index contributed by atoms with van der Waals surface area (Å²) >= 11 is 5.78. The summed E-state index contributed by atoms with van der Waals surface area (Å²) in [5, 5.41) is 0.538. The summed E-state index contributed by atoms with van der Waals surface area (Å²) < 4.78 is 5.65. The second kappa shape index (κ2) is 3.49. The fourth-order valence-electron chi connectivity index (χ4n) is 1.55. The van der Waals surface area contributed by atoms with E-state index >= 15 is 0 Å². The number of carbonyl (C=O) groups excluding carboxylic acids is 1. The normalized spacial score (nSPS) is 23.4. The van der Waals surface area contributed by atoms with Crippen LogP contribution in [0.3, 0.4) is 0 Å². The molecule has 2 rings (SSSR count). The summed E-state index contributed by atoms with van der Waals surface area (Å²) in [5.41, 5.74) is -0.387. The first kappa shape index (κ1) is 10.4. The minimum atomic E-state index is -0.387. The van der Waals surface area contributed by atoms with Crippen molar-refractivity contribution in [1.82, 2.24) is 4.98 Å². The van der Waals surface area contributed by atoms with Crippen LogP contribution in [0.5, 0.6) is 5.75 Å². The molecule has 1 aromatic heterocycles. The number of Topliss-reactive ketones (excluding diaryl/α,β-unsaturated/α-hetero) is 1. The number of ether oxygens (including phenoxy) is 1. The SMILES string of the molecule is CC1(C)C(=O)CC1Oc1cncc(Cl)c1. The third-order valence-corrected chi connectivity index (χ3v) is 3.06. The van der Waals surface area contributed by atoms with E-state index in [1.165, 1.54) is 0 Å². The molecule has 0 aromatic carbocycles. The molecule has 0 spiro atoms. The zero-order chi connectivity index (χ0) is 11.1. The molecular formula is C11H12ClNO2. The number of rotatable bonds is 2. The average molecular weight is 226 g/mol. The molecule has 1 atom stereocenters. The Hall–Kier alpha value is -1.09. The Morgan fingerprint density at radius 1 is 1.53 bits per heavy atom. The maximum atomic E-state index is 11.3.